The van der Waals surface area contributed by atoms with Crippen molar-refractivity contribution in [2.75, 3.05) is 0 Å². The Labute approximate surface area is 135 Å². The van der Waals surface area contributed by atoms with Crippen LogP contribution in [0.3, 0.4) is 0 Å². The molecular formula is H16N4O16S4. The predicted octanol–water partition coefficient (Wildman–Crippen LogP) is -4.97. The topological polar surface area (TPSA) is 402 Å². The van der Waals surface area contributed by atoms with Gasteiger partial charge in [-0.25, -0.2) is 0 Å². The van der Waals surface area contributed by atoms with Gasteiger partial charge >= 0.3 is 41.6 Å². The molecule has 16 N–H and O–H groups in total. The van der Waals surface area contributed by atoms with Crippen molar-refractivity contribution in [2.24, 2.45) is 23.4 Å². The number of rotatable bonds is 0. The monoisotopic (exact) mass is 456 g/mol. The van der Waals surface area contributed by atoms with Crippen LogP contribution in [0.4, 0.5) is 0 Å². The van der Waals surface area contributed by atoms with E-state index in [1.165, 1.54) is 0 Å². The van der Waals surface area contributed by atoms with Gasteiger partial charge < -0.3 is 0 Å². The highest BCUT2D eigenvalue weighted by atomic mass is 32.3. The van der Waals surface area contributed by atoms with Crippen molar-refractivity contribution >= 4 is 41.6 Å². The molecule has 0 aromatic rings. The average molecular weight is 456 g/mol. The summed E-state index contributed by atoms with van der Waals surface area (Å²) in [6.45, 7) is 0. The van der Waals surface area contributed by atoms with Crippen LogP contribution in [0, 0.1) is 0 Å². The minimum Gasteiger partial charge on any atom is -0.274 e. The second kappa shape index (κ2) is 18.7. The zero-order valence-electron chi connectivity index (χ0n) is 10.8. The highest BCUT2D eigenvalue weighted by Crippen LogP contribution is 1.60. The summed E-state index contributed by atoms with van der Waals surface area (Å²) in [4.78, 5) is 0. The third kappa shape index (κ3) is 19000. The first kappa shape index (κ1) is 38.7. The Morgan fingerprint density at radius 3 is 0.333 bits per heavy atom. The Balaban J connectivity index is -0.0000000420. The molecule has 156 valence electrons. The van der Waals surface area contributed by atoms with E-state index in [4.69, 9.17) is 70.1 Å². The lowest BCUT2D eigenvalue weighted by molar-refractivity contribution is 0.378. The van der Waals surface area contributed by atoms with Crippen molar-refractivity contribution in [2.45, 2.75) is 0 Å². The van der Waals surface area contributed by atoms with Gasteiger partial charge in [0.25, 0.3) is 0 Å². The van der Waals surface area contributed by atoms with Gasteiger partial charge in [-0.3, -0.25) is 59.8 Å². The lowest BCUT2D eigenvalue weighted by Gasteiger charge is -1.68. The zero-order valence-corrected chi connectivity index (χ0v) is 14.1. The highest BCUT2D eigenvalue weighted by molar-refractivity contribution is 7.80. The maximum Gasteiger partial charge on any atom is 0.394 e. The van der Waals surface area contributed by atoms with E-state index >= 15 is 0 Å². The van der Waals surface area contributed by atoms with Crippen LogP contribution >= 0.6 is 0 Å². The van der Waals surface area contributed by atoms with Gasteiger partial charge in [0.2, 0.25) is 0 Å². The molecule has 0 atom stereocenters. The molecule has 0 aliphatic rings. The Kier molecular flexibility index (Phi) is 30.1. The van der Waals surface area contributed by atoms with Gasteiger partial charge in [0, 0.05) is 0 Å². The largest absolute Gasteiger partial charge is 0.394 e. The third-order valence-corrected chi connectivity index (χ3v) is 0. The molecule has 0 spiro atoms. The molecule has 0 aliphatic carbocycles. The molecule has 0 aliphatic heterocycles. The van der Waals surface area contributed by atoms with E-state index in [2.05, 4.69) is 23.4 Å². The summed E-state index contributed by atoms with van der Waals surface area (Å²) in [6.07, 6.45) is 0. The van der Waals surface area contributed by atoms with Crippen LogP contribution in [-0.2, 0) is 41.6 Å². The van der Waals surface area contributed by atoms with Gasteiger partial charge in [-0.15, -0.1) is 0 Å². The first-order valence-electron chi connectivity index (χ1n) is 3.46. The molecule has 0 aromatic carbocycles. The zero-order chi connectivity index (χ0) is 22.0. The van der Waals surface area contributed by atoms with E-state index in [-0.39, 0.29) is 0 Å². The van der Waals surface area contributed by atoms with Gasteiger partial charge in [0.15, 0.2) is 0 Å². The molecule has 0 bridgehead atoms. The smallest absolute Gasteiger partial charge is 0.274 e. The molecule has 24 heavy (non-hydrogen) atoms. The maximum atomic E-state index is 8.74. The molecule has 0 rings (SSSR count). The Hall–Kier alpha value is -0.680. The van der Waals surface area contributed by atoms with Gasteiger partial charge in [-0.1, -0.05) is 0 Å². The molecule has 0 unspecified atom stereocenters. The maximum absolute atomic E-state index is 8.74. The van der Waals surface area contributed by atoms with Gasteiger partial charge in [0.1, 0.15) is 0 Å². The Bertz CT molecular complexity index is 483. The molecule has 0 heterocycles. The molecule has 20 nitrogen and oxygen atoms in total. The number of hydrogen-bond acceptors (Lipinski definition) is 12. The van der Waals surface area contributed by atoms with Crippen LogP contribution in [0.25, 0.3) is 0 Å². The lowest BCUT2D eigenvalue weighted by atomic mass is 13.0. The average Bonchev–Trinajstić information content (AvgIpc) is 2.12. The second-order valence-corrected chi connectivity index (χ2v) is 5.37. The molecule has 0 amide bonds. The quantitative estimate of drug-likeness (QED) is 0.0920. The highest BCUT2D eigenvalue weighted by Gasteiger charge is 1.86. The van der Waals surface area contributed by atoms with Crippen molar-refractivity contribution in [3.05, 3.63) is 0 Å². The van der Waals surface area contributed by atoms with Crippen LogP contribution in [-0.4, -0.2) is 70.1 Å². The first-order chi connectivity index (χ1) is 10.0. The molecule has 0 fully saturated rings. The fourth-order valence-electron chi connectivity index (χ4n) is 0. The molecule has 0 saturated carbocycles. The fourth-order valence-corrected chi connectivity index (χ4v) is 0. The summed E-state index contributed by atoms with van der Waals surface area (Å²) >= 11 is 0. The number of hydrazine groups is 2. The molecule has 0 aromatic heterocycles. The standard InChI is InChI=1S/2H4N2.4H2O4S/c2*1-2;4*1-5(2,3)4/h2*1-2H2;4*(H2,1,2,3,4). The van der Waals surface area contributed by atoms with Crippen molar-refractivity contribution < 1.29 is 70.1 Å². The summed E-state index contributed by atoms with van der Waals surface area (Å²) in [5.41, 5.74) is 0. The summed E-state index contributed by atoms with van der Waals surface area (Å²) in [5, 5.41) is 0. The van der Waals surface area contributed by atoms with Crippen LogP contribution in [0.5, 0.6) is 0 Å². The second-order valence-electron chi connectivity index (χ2n) is 1.79. The summed E-state index contributed by atoms with van der Waals surface area (Å²) in [7, 11) is -18.7. The first-order valence-corrected chi connectivity index (χ1v) is 9.05. The third-order valence-electron chi connectivity index (χ3n) is 0. The van der Waals surface area contributed by atoms with Crippen LogP contribution in [0.1, 0.15) is 0 Å². The minimum absolute atomic E-state index is 4.00. The normalized spacial score (nSPS) is 10.2. The number of hydrogen-bond donors (Lipinski definition) is 12. The van der Waals surface area contributed by atoms with Gasteiger partial charge in [0.05, 0.1) is 0 Å². The van der Waals surface area contributed by atoms with E-state index < -0.39 is 41.6 Å². The number of nitrogens with two attached hydrogens (primary N) is 4. The van der Waals surface area contributed by atoms with Crippen molar-refractivity contribution in [3.63, 3.8) is 0 Å². The van der Waals surface area contributed by atoms with Crippen LogP contribution in [0.15, 0.2) is 0 Å². The van der Waals surface area contributed by atoms with Gasteiger partial charge in [-0.05, 0) is 0 Å². The SMILES string of the molecule is NN.NN.O=S(=O)(O)O.O=S(=O)(O)O.O=S(=O)(O)O.O=S(=O)(O)O. The summed E-state index contributed by atoms with van der Waals surface area (Å²) in [5.74, 6) is 16.0. The lowest BCUT2D eigenvalue weighted by Crippen LogP contribution is -2.02. The van der Waals surface area contributed by atoms with Crippen molar-refractivity contribution in [1.29, 1.82) is 0 Å². The van der Waals surface area contributed by atoms with Crippen LogP contribution in [0.2, 0.25) is 0 Å². The van der Waals surface area contributed by atoms with E-state index in [1.807, 2.05) is 0 Å². The molecule has 0 saturated heterocycles. The van der Waals surface area contributed by atoms with E-state index in [0.29, 0.717) is 0 Å². The Morgan fingerprint density at radius 1 is 0.333 bits per heavy atom. The van der Waals surface area contributed by atoms with E-state index in [0.717, 1.165) is 0 Å². The molecule has 0 radical (unpaired) electrons. The Morgan fingerprint density at radius 2 is 0.333 bits per heavy atom. The minimum atomic E-state index is -4.67. The van der Waals surface area contributed by atoms with Gasteiger partial charge in [-0.2, -0.15) is 33.7 Å². The van der Waals surface area contributed by atoms with E-state index in [9.17, 15) is 0 Å². The van der Waals surface area contributed by atoms with Crippen LogP contribution < -0.4 is 23.4 Å². The van der Waals surface area contributed by atoms with Crippen molar-refractivity contribution in [1.82, 2.24) is 0 Å². The molecular weight excluding hydrogens is 440 g/mol. The molecule has 24 heteroatoms. The van der Waals surface area contributed by atoms with E-state index in [1.54, 1.807) is 0 Å². The van der Waals surface area contributed by atoms with Crippen molar-refractivity contribution in [3.8, 4) is 0 Å². The fraction of sp³-hybridized carbons (Fsp3) is 0. The summed E-state index contributed by atoms with van der Waals surface area (Å²) in [6, 6.07) is 0. The summed E-state index contributed by atoms with van der Waals surface area (Å²) < 4.78 is 126. The predicted molar refractivity (Wildman–Crippen MR) is 73.5 cm³/mol.